The highest BCUT2D eigenvalue weighted by Gasteiger charge is 2.20. The van der Waals surface area contributed by atoms with E-state index in [0.717, 1.165) is 19.0 Å². The molecule has 0 amide bonds. The van der Waals surface area contributed by atoms with Gasteiger partial charge in [-0.05, 0) is 32.4 Å². The van der Waals surface area contributed by atoms with E-state index < -0.39 is 0 Å². The third kappa shape index (κ3) is 5.69. The van der Waals surface area contributed by atoms with Crippen molar-refractivity contribution < 1.29 is 0 Å². The van der Waals surface area contributed by atoms with Crippen molar-refractivity contribution in [2.24, 2.45) is 16.3 Å². The summed E-state index contributed by atoms with van der Waals surface area (Å²) in [5.74, 6) is 6.26. The average molecular weight is 255 g/mol. The molecule has 0 unspecified atom stereocenters. The molecule has 18 heavy (non-hydrogen) atoms. The molecular formula is C13H29N5. The van der Waals surface area contributed by atoms with Crippen molar-refractivity contribution in [1.82, 2.24) is 15.6 Å². The second-order valence-electron chi connectivity index (χ2n) is 6.34. The Labute approximate surface area is 111 Å². The van der Waals surface area contributed by atoms with Gasteiger partial charge in [-0.2, -0.15) is 0 Å². The molecule has 1 saturated carbocycles. The van der Waals surface area contributed by atoms with E-state index in [1.165, 1.54) is 25.7 Å². The first kappa shape index (κ1) is 15.2. The quantitative estimate of drug-likeness (QED) is 0.296. The minimum atomic E-state index is 0.156. The lowest BCUT2D eigenvalue weighted by molar-refractivity contribution is 0.248. The molecule has 1 fully saturated rings. The first-order valence-corrected chi connectivity index (χ1v) is 6.85. The summed E-state index contributed by atoms with van der Waals surface area (Å²) in [6, 6.07) is 0.539. The molecule has 4 N–H and O–H groups in total. The van der Waals surface area contributed by atoms with Crippen molar-refractivity contribution in [3.8, 4) is 0 Å². The number of hydrogen-bond acceptors (Lipinski definition) is 3. The zero-order valence-corrected chi connectivity index (χ0v) is 12.3. The highest BCUT2D eigenvalue weighted by Crippen LogP contribution is 2.18. The second kappa shape index (κ2) is 6.95. The maximum atomic E-state index is 5.53. The van der Waals surface area contributed by atoms with E-state index in [1.807, 2.05) is 0 Å². The van der Waals surface area contributed by atoms with Crippen LogP contribution in [-0.4, -0.2) is 44.1 Å². The van der Waals surface area contributed by atoms with Crippen LogP contribution in [0.25, 0.3) is 0 Å². The molecule has 0 aliphatic heterocycles. The molecule has 0 aromatic heterocycles. The highest BCUT2D eigenvalue weighted by molar-refractivity contribution is 5.79. The molecule has 1 aliphatic carbocycles. The van der Waals surface area contributed by atoms with Crippen LogP contribution >= 0.6 is 0 Å². The fraction of sp³-hybridized carbons (Fsp3) is 0.923. The SMILES string of the molecule is CN(C)CC(C)(C)CN=C(NN)NC1CCCC1. The molecule has 5 heteroatoms. The van der Waals surface area contributed by atoms with Crippen LogP contribution < -0.4 is 16.6 Å². The lowest BCUT2D eigenvalue weighted by atomic mass is 9.93. The van der Waals surface area contributed by atoms with Crippen LogP contribution in [0.4, 0.5) is 0 Å². The van der Waals surface area contributed by atoms with Gasteiger partial charge in [0.25, 0.3) is 0 Å². The van der Waals surface area contributed by atoms with Crippen LogP contribution in [0.5, 0.6) is 0 Å². The van der Waals surface area contributed by atoms with Crippen molar-refractivity contribution in [1.29, 1.82) is 0 Å². The Morgan fingerprint density at radius 1 is 1.33 bits per heavy atom. The Hall–Kier alpha value is -0.810. The number of nitrogens with two attached hydrogens (primary N) is 1. The van der Waals surface area contributed by atoms with Crippen LogP contribution in [0.3, 0.4) is 0 Å². The predicted molar refractivity (Wildman–Crippen MR) is 77.4 cm³/mol. The predicted octanol–water partition coefficient (Wildman–Crippen LogP) is 0.926. The second-order valence-corrected chi connectivity index (χ2v) is 6.34. The van der Waals surface area contributed by atoms with E-state index in [0.29, 0.717) is 6.04 Å². The molecule has 1 aliphatic rings. The first-order valence-electron chi connectivity index (χ1n) is 6.85. The molecule has 5 nitrogen and oxygen atoms in total. The summed E-state index contributed by atoms with van der Waals surface area (Å²) in [6.07, 6.45) is 5.06. The Kier molecular flexibility index (Phi) is 5.88. The largest absolute Gasteiger partial charge is 0.353 e. The van der Waals surface area contributed by atoms with Crippen molar-refractivity contribution in [2.45, 2.75) is 45.6 Å². The molecule has 0 heterocycles. The van der Waals surface area contributed by atoms with Crippen LogP contribution in [-0.2, 0) is 0 Å². The van der Waals surface area contributed by atoms with Gasteiger partial charge in [0.1, 0.15) is 0 Å². The fourth-order valence-corrected chi connectivity index (χ4v) is 2.60. The minimum absolute atomic E-state index is 0.156. The standard InChI is InChI=1S/C13H29N5/c1-13(2,10-18(3)4)9-15-12(17-14)16-11-7-5-6-8-11/h11H,5-10,14H2,1-4H3,(H2,15,16,17). The lowest BCUT2D eigenvalue weighted by Crippen LogP contribution is -2.46. The number of aliphatic imine (C=N–C) groups is 1. The van der Waals surface area contributed by atoms with Gasteiger partial charge < -0.3 is 10.2 Å². The van der Waals surface area contributed by atoms with E-state index in [9.17, 15) is 0 Å². The first-order chi connectivity index (χ1) is 8.43. The maximum absolute atomic E-state index is 5.53. The molecular weight excluding hydrogens is 226 g/mol. The molecule has 0 spiro atoms. The summed E-state index contributed by atoms with van der Waals surface area (Å²) in [7, 11) is 4.18. The summed E-state index contributed by atoms with van der Waals surface area (Å²) in [5.41, 5.74) is 2.84. The third-order valence-corrected chi connectivity index (χ3v) is 3.24. The van der Waals surface area contributed by atoms with Gasteiger partial charge in [-0.25, -0.2) is 5.84 Å². The number of hydrogen-bond donors (Lipinski definition) is 3. The number of rotatable bonds is 5. The van der Waals surface area contributed by atoms with E-state index in [4.69, 9.17) is 5.84 Å². The molecule has 0 atom stereocenters. The highest BCUT2D eigenvalue weighted by atomic mass is 15.3. The zero-order valence-electron chi connectivity index (χ0n) is 12.3. The van der Waals surface area contributed by atoms with Gasteiger partial charge >= 0.3 is 0 Å². The Bertz CT molecular complexity index is 267. The van der Waals surface area contributed by atoms with Gasteiger partial charge in [0.05, 0.1) is 0 Å². The third-order valence-electron chi connectivity index (χ3n) is 3.24. The van der Waals surface area contributed by atoms with Gasteiger partial charge in [0.15, 0.2) is 0 Å². The van der Waals surface area contributed by atoms with Crippen LogP contribution in [0, 0.1) is 5.41 Å². The minimum Gasteiger partial charge on any atom is -0.353 e. The van der Waals surface area contributed by atoms with E-state index in [-0.39, 0.29) is 5.41 Å². The van der Waals surface area contributed by atoms with Gasteiger partial charge in [-0.15, -0.1) is 0 Å². The molecule has 0 aromatic rings. The smallest absolute Gasteiger partial charge is 0.205 e. The van der Waals surface area contributed by atoms with E-state index in [1.54, 1.807) is 0 Å². The average Bonchev–Trinajstić information content (AvgIpc) is 2.75. The lowest BCUT2D eigenvalue weighted by Gasteiger charge is -2.27. The topological polar surface area (TPSA) is 65.7 Å². The van der Waals surface area contributed by atoms with Gasteiger partial charge in [-0.3, -0.25) is 10.4 Å². The summed E-state index contributed by atoms with van der Waals surface area (Å²) >= 11 is 0. The molecule has 0 radical (unpaired) electrons. The Balaban J connectivity index is 2.45. The molecule has 1 rings (SSSR count). The Morgan fingerprint density at radius 3 is 2.44 bits per heavy atom. The van der Waals surface area contributed by atoms with Gasteiger partial charge in [0.2, 0.25) is 5.96 Å². The monoisotopic (exact) mass is 255 g/mol. The van der Waals surface area contributed by atoms with Crippen molar-refractivity contribution in [3.05, 3.63) is 0 Å². The number of nitrogens with one attached hydrogen (secondary N) is 2. The normalized spacial score (nSPS) is 18.4. The molecule has 0 aromatic carbocycles. The zero-order chi connectivity index (χ0) is 13.6. The summed E-state index contributed by atoms with van der Waals surface area (Å²) in [4.78, 5) is 6.76. The van der Waals surface area contributed by atoms with Crippen LogP contribution in [0.1, 0.15) is 39.5 Å². The molecule has 0 saturated heterocycles. The number of nitrogens with zero attached hydrogens (tertiary/aromatic N) is 2. The summed E-state index contributed by atoms with van der Waals surface area (Å²) < 4.78 is 0. The van der Waals surface area contributed by atoms with Crippen molar-refractivity contribution in [3.63, 3.8) is 0 Å². The van der Waals surface area contributed by atoms with Gasteiger partial charge in [-0.1, -0.05) is 26.7 Å². The van der Waals surface area contributed by atoms with Gasteiger partial charge in [0, 0.05) is 19.1 Å². The number of hydrazine groups is 1. The van der Waals surface area contributed by atoms with Crippen molar-refractivity contribution in [2.75, 3.05) is 27.2 Å². The van der Waals surface area contributed by atoms with Crippen LogP contribution in [0.2, 0.25) is 0 Å². The van der Waals surface area contributed by atoms with E-state index in [2.05, 4.69) is 48.6 Å². The maximum Gasteiger partial charge on any atom is 0.205 e. The molecule has 106 valence electrons. The Morgan fingerprint density at radius 2 is 1.94 bits per heavy atom. The van der Waals surface area contributed by atoms with Crippen LogP contribution in [0.15, 0.2) is 4.99 Å². The van der Waals surface area contributed by atoms with Crippen molar-refractivity contribution >= 4 is 5.96 Å². The number of guanidine groups is 1. The fourth-order valence-electron chi connectivity index (χ4n) is 2.60. The molecule has 0 bridgehead atoms. The summed E-state index contributed by atoms with van der Waals surface area (Å²) in [5, 5.41) is 3.39. The van der Waals surface area contributed by atoms with E-state index >= 15 is 0 Å². The summed E-state index contributed by atoms with van der Waals surface area (Å²) in [6.45, 7) is 6.22.